The molecule has 0 aliphatic rings. The summed E-state index contributed by atoms with van der Waals surface area (Å²) in [6, 6.07) is 10.5. The molecule has 0 saturated heterocycles. The number of ether oxygens (including phenoxy) is 2. The molecule has 122 valence electrons. The van der Waals surface area contributed by atoms with Crippen molar-refractivity contribution in [3.63, 3.8) is 0 Å². The molecule has 0 saturated carbocycles. The zero-order valence-corrected chi connectivity index (χ0v) is 14.0. The van der Waals surface area contributed by atoms with Crippen LogP contribution in [-0.2, 0) is 11.2 Å². The Labute approximate surface area is 143 Å². The van der Waals surface area contributed by atoms with Gasteiger partial charge in [-0.1, -0.05) is 0 Å². The lowest BCUT2D eigenvalue weighted by Crippen LogP contribution is -2.08. The van der Waals surface area contributed by atoms with Crippen LogP contribution in [0.25, 0.3) is 0 Å². The zero-order chi connectivity index (χ0) is 16.8. The minimum absolute atomic E-state index is 0.343. The van der Waals surface area contributed by atoms with Gasteiger partial charge < -0.3 is 9.47 Å². The number of benzene rings is 1. The van der Waals surface area contributed by atoms with Crippen LogP contribution in [0.5, 0.6) is 11.5 Å². The van der Waals surface area contributed by atoms with E-state index in [-0.39, 0.29) is 5.97 Å². The third-order valence-electron chi connectivity index (χ3n) is 3.37. The van der Waals surface area contributed by atoms with Gasteiger partial charge in [-0.2, -0.15) is 0 Å². The molecule has 0 spiro atoms. The first-order valence-corrected chi connectivity index (χ1v) is 8.34. The van der Waals surface area contributed by atoms with Gasteiger partial charge in [0, 0.05) is 17.5 Å². The van der Waals surface area contributed by atoms with Crippen molar-refractivity contribution < 1.29 is 14.3 Å². The fraction of sp³-hybridized carbons (Fsp3) is 0.167. The Bertz CT molecular complexity index is 801. The van der Waals surface area contributed by atoms with Crippen molar-refractivity contribution in [3.05, 3.63) is 70.4 Å². The average molecular weight is 340 g/mol. The van der Waals surface area contributed by atoms with Crippen molar-refractivity contribution in [2.24, 2.45) is 0 Å². The first-order chi connectivity index (χ1) is 11.7. The third kappa shape index (κ3) is 4.17. The Kier molecular flexibility index (Phi) is 5.18. The highest BCUT2D eigenvalue weighted by Gasteiger charge is 2.09. The Morgan fingerprint density at radius 1 is 1.17 bits per heavy atom. The van der Waals surface area contributed by atoms with Crippen LogP contribution < -0.4 is 4.74 Å². The van der Waals surface area contributed by atoms with Crippen molar-refractivity contribution in [2.75, 3.05) is 6.61 Å². The van der Waals surface area contributed by atoms with Crippen molar-refractivity contribution in [1.82, 2.24) is 9.97 Å². The molecule has 3 aromatic rings. The van der Waals surface area contributed by atoms with E-state index in [2.05, 4.69) is 9.97 Å². The lowest BCUT2D eigenvalue weighted by atomic mass is 10.2. The van der Waals surface area contributed by atoms with E-state index in [1.54, 1.807) is 59.6 Å². The number of pyridine rings is 1. The van der Waals surface area contributed by atoms with E-state index in [0.29, 0.717) is 30.1 Å². The van der Waals surface area contributed by atoms with E-state index in [1.807, 2.05) is 13.0 Å². The lowest BCUT2D eigenvalue weighted by molar-refractivity contribution is 0.0510. The molecule has 0 aliphatic heterocycles. The van der Waals surface area contributed by atoms with E-state index in [9.17, 15) is 4.79 Å². The van der Waals surface area contributed by atoms with Crippen molar-refractivity contribution in [1.29, 1.82) is 0 Å². The SMILES string of the molecule is Cc1ncsc1CCOC(=O)c1ccc(Oc2cccnc2)cc1. The highest BCUT2D eigenvalue weighted by atomic mass is 32.1. The van der Waals surface area contributed by atoms with Gasteiger partial charge in [0.25, 0.3) is 0 Å². The highest BCUT2D eigenvalue weighted by Crippen LogP contribution is 2.20. The Morgan fingerprint density at radius 3 is 2.67 bits per heavy atom. The van der Waals surface area contributed by atoms with E-state index >= 15 is 0 Å². The van der Waals surface area contributed by atoms with Crippen LogP contribution in [0.2, 0.25) is 0 Å². The maximum atomic E-state index is 12.0. The molecule has 6 heteroatoms. The smallest absolute Gasteiger partial charge is 0.338 e. The van der Waals surface area contributed by atoms with Crippen LogP contribution in [-0.4, -0.2) is 22.5 Å². The van der Waals surface area contributed by atoms with Gasteiger partial charge in [0.2, 0.25) is 0 Å². The third-order valence-corrected chi connectivity index (χ3v) is 4.36. The predicted octanol–water partition coefficient (Wildman–Crippen LogP) is 4.04. The summed E-state index contributed by atoms with van der Waals surface area (Å²) in [4.78, 5) is 21.3. The van der Waals surface area contributed by atoms with Crippen LogP contribution in [0, 0.1) is 6.92 Å². The van der Waals surface area contributed by atoms with Gasteiger partial charge in [0.1, 0.15) is 11.5 Å². The van der Waals surface area contributed by atoms with Crippen molar-refractivity contribution in [3.8, 4) is 11.5 Å². The molecule has 5 nitrogen and oxygen atoms in total. The first kappa shape index (κ1) is 16.1. The second kappa shape index (κ2) is 7.70. The quantitative estimate of drug-likeness (QED) is 0.634. The lowest BCUT2D eigenvalue weighted by Gasteiger charge is -2.07. The van der Waals surface area contributed by atoms with Crippen LogP contribution in [0.3, 0.4) is 0 Å². The van der Waals surface area contributed by atoms with Crippen LogP contribution >= 0.6 is 11.3 Å². The molecule has 0 fully saturated rings. The molecule has 24 heavy (non-hydrogen) atoms. The largest absolute Gasteiger partial charge is 0.462 e. The van der Waals surface area contributed by atoms with Gasteiger partial charge in [-0.15, -0.1) is 11.3 Å². The number of thiazole rings is 1. The number of esters is 1. The summed E-state index contributed by atoms with van der Waals surface area (Å²) in [5.41, 5.74) is 3.29. The molecular weight excluding hydrogens is 324 g/mol. The number of hydrogen-bond acceptors (Lipinski definition) is 6. The minimum Gasteiger partial charge on any atom is -0.462 e. The number of carbonyl (C=O) groups is 1. The standard InChI is InChI=1S/C18H16N2O3S/c1-13-17(24-12-20-13)8-10-22-18(21)14-4-6-15(7-5-14)23-16-3-2-9-19-11-16/h2-7,9,11-12H,8,10H2,1H3. The molecule has 0 unspecified atom stereocenters. The fourth-order valence-electron chi connectivity index (χ4n) is 2.09. The first-order valence-electron chi connectivity index (χ1n) is 7.46. The van der Waals surface area contributed by atoms with Gasteiger partial charge in [0.05, 0.1) is 29.6 Å². The number of hydrogen-bond donors (Lipinski definition) is 0. The van der Waals surface area contributed by atoms with E-state index < -0.39 is 0 Å². The molecule has 0 aliphatic carbocycles. The molecule has 2 heterocycles. The van der Waals surface area contributed by atoms with Gasteiger partial charge in [-0.05, 0) is 43.3 Å². The number of carbonyl (C=O) groups excluding carboxylic acids is 1. The molecule has 0 radical (unpaired) electrons. The van der Waals surface area contributed by atoms with Crippen molar-refractivity contribution >= 4 is 17.3 Å². The molecule has 0 bridgehead atoms. The fourth-order valence-corrected chi connectivity index (χ4v) is 2.85. The van der Waals surface area contributed by atoms with E-state index in [0.717, 1.165) is 10.6 Å². The molecule has 2 aromatic heterocycles. The molecule has 3 rings (SSSR count). The summed E-state index contributed by atoms with van der Waals surface area (Å²) in [5, 5.41) is 0. The number of rotatable bonds is 6. The minimum atomic E-state index is -0.343. The number of nitrogens with zero attached hydrogens (tertiary/aromatic N) is 2. The Morgan fingerprint density at radius 2 is 2.00 bits per heavy atom. The van der Waals surface area contributed by atoms with E-state index in [4.69, 9.17) is 9.47 Å². The average Bonchev–Trinajstić information content (AvgIpc) is 3.01. The monoisotopic (exact) mass is 340 g/mol. The van der Waals surface area contributed by atoms with Gasteiger partial charge in [-0.3, -0.25) is 4.98 Å². The second-order valence-electron chi connectivity index (χ2n) is 5.06. The zero-order valence-electron chi connectivity index (χ0n) is 13.1. The maximum absolute atomic E-state index is 12.0. The van der Waals surface area contributed by atoms with Gasteiger partial charge in [-0.25, -0.2) is 9.78 Å². The molecule has 0 atom stereocenters. The molecule has 1 aromatic carbocycles. The van der Waals surface area contributed by atoms with Gasteiger partial charge >= 0.3 is 5.97 Å². The van der Waals surface area contributed by atoms with Gasteiger partial charge in [0.15, 0.2) is 0 Å². The van der Waals surface area contributed by atoms with Crippen LogP contribution in [0.4, 0.5) is 0 Å². The highest BCUT2D eigenvalue weighted by molar-refractivity contribution is 7.09. The summed E-state index contributed by atoms with van der Waals surface area (Å²) in [5.74, 6) is 0.942. The predicted molar refractivity (Wildman–Crippen MR) is 91.6 cm³/mol. The Balaban J connectivity index is 1.53. The number of aromatic nitrogens is 2. The van der Waals surface area contributed by atoms with Crippen LogP contribution in [0.1, 0.15) is 20.9 Å². The van der Waals surface area contributed by atoms with E-state index in [1.165, 1.54) is 0 Å². The second-order valence-corrected chi connectivity index (χ2v) is 6.00. The van der Waals surface area contributed by atoms with Crippen molar-refractivity contribution in [2.45, 2.75) is 13.3 Å². The summed E-state index contributed by atoms with van der Waals surface area (Å²) < 4.78 is 10.9. The topological polar surface area (TPSA) is 61.3 Å². The number of aryl methyl sites for hydroxylation is 1. The molecular formula is C18H16N2O3S. The normalized spacial score (nSPS) is 10.4. The molecule has 0 N–H and O–H groups in total. The summed E-state index contributed by atoms with van der Waals surface area (Å²) in [6.45, 7) is 2.30. The summed E-state index contributed by atoms with van der Waals surface area (Å²) in [7, 11) is 0. The maximum Gasteiger partial charge on any atom is 0.338 e. The van der Waals surface area contributed by atoms with Crippen LogP contribution in [0.15, 0.2) is 54.3 Å². The summed E-state index contributed by atoms with van der Waals surface area (Å²) in [6.07, 6.45) is 3.99. The Hall–Kier alpha value is -2.73. The summed E-state index contributed by atoms with van der Waals surface area (Å²) >= 11 is 1.58. The molecule has 0 amide bonds.